The molecule has 0 saturated heterocycles. The first kappa shape index (κ1) is 15.5. The molecule has 0 aliphatic heterocycles. The lowest BCUT2D eigenvalue weighted by atomic mass is 9.88. The largest absolute Gasteiger partial charge is 0.351 e. The second-order valence-corrected chi connectivity index (χ2v) is 6.35. The minimum absolute atomic E-state index is 0.129. The van der Waals surface area contributed by atoms with E-state index in [0.29, 0.717) is 6.54 Å². The molecule has 3 heteroatoms. The van der Waals surface area contributed by atoms with Gasteiger partial charge in [-0.05, 0) is 22.6 Å². The molecular formula is C18H25N3. The van der Waals surface area contributed by atoms with Gasteiger partial charge in [0.2, 0.25) is 0 Å². The van der Waals surface area contributed by atoms with Crippen LogP contribution in [0.2, 0.25) is 0 Å². The first-order valence-electron chi connectivity index (χ1n) is 7.46. The number of aromatic nitrogens is 1. The number of nitrogens with zero attached hydrogens (tertiary/aromatic N) is 2. The van der Waals surface area contributed by atoms with Gasteiger partial charge in [-0.15, -0.1) is 0 Å². The molecule has 0 bridgehead atoms. The molecular weight excluding hydrogens is 258 g/mol. The van der Waals surface area contributed by atoms with Gasteiger partial charge in [0.15, 0.2) is 0 Å². The second kappa shape index (κ2) is 6.72. The Kier molecular flexibility index (Phi) is 4.97. The van der Waals surface area contributed by atoms with Gasteiger partial charge in [-0.25, -0.2) is 4.98 Å². The van der Waals surface area contributed by atoms with Gasteiger partial charge in [-0.1, -0.05) is 57.2 Å². The molecule has 0 atom stereocenters. The van der Waals surface area contributed by atoms with Crippen molar-refractivity contribution in [2.75, 3.05) is 18.0 Å². The third-order valence-electron chi connectivity index (χ3n) is 3.55. The highest BCUT2D eigenvalue weighted by atomic mass is 15.2. The van der Waals surface area contributed by atoms with Crippen molar-refractivity contribution >= 4 is 5.82 Å². The molecule has 0 aliphatic rings. The molecule has 3 nitrogen and oxygen atoms in total. The van der Waals surface area contributed by atoms with E-state index in [1.165, 1.54) is 11.1 Å². The van der Waals surface area contributed by atoms with Gasteiger partial charge in [0.25, 0.3) is 0 Å². The topological polar surface area (TPSA) is 42.1 Å². The Balaban J connectivity index is 2.18. The number of hydrogen-bond donors (Lipinski definition) is 1. The van der Waals surface area contributed by atoms with Crippen molar-refractivity contribution in [3.8, 4) is 0 Å². The smallest absolute Gasteiger partial charge is 0.128 e. The van der Waals surface area contributed by atoms with Crippen molar-refractivity contribution in [3.63, 3.8) is 0 Å². The third kappa shape index (κ3) is 4.30. The monoisotopic (exact) mass is 283 g/mol. The number of nitrogens with two attached hydrogens (primary N) is 1. The third-order valence-corrected chi connectivity index (χ3v) is 3.55. The van der Waals surface area contributed by atoms with E-state index in [2.05, 4.69) is 67.1 Å². The molecule has 2 N–H and O–H groups in total. The van der Waals surface area contributed by atoms with E-state index in [9.17, 15) is 0 Å². The van der Waals surface area contributed by atoms with Crippen LogP contribution in [-0.4, -0.2) is 18.1 Å². The summed E-state index contributed by atoms with van der Waals surface area (Å²) in [7, 11) is 0. The Morgan fingerprint density at radius 1 is 1.05 bits per heavy atom. The Labute approximate surface area is 127 Å². The average molecular weight is 283 g/mol. The standard InChI is InChI=1S/C18H25N3/c1-18(2,3)16-9-10-17(20-13-16)21(12-11-19)14-15-7-5-4-6-8-15/h4-10,13H,11-12,14,19H2,1-3H3. The fourth-order valence-corrected chi connectivity index (χ4v) is 2.25. The molecule has 0 amide bonds. The molecule has 2 aromatic rings. The summed E-state index contributed by atoms with van der Waals surface area (Å²) in [6.07, 6.45) is 1.98. The summed E-state index contributed by atoms with van der Waals surface area (Å²) < 4.78 is 0. The number of hydrogen-bond acceptors (Lipinski definition) is 3. The highest BCUT2D eigenvalue weighted by molar-refractivity contribution is 5.41. The number of rotatable bonds is 5. The van der Waals surface area contributed by atoms with Crippen molar-refractivity contribution < 1.29 is 0 Å². The van der Waals surface area contributed by atoms with Crippen molar-refractivity contribution in [3.05, 3.63) is 59.8 Å². The number of benzene rings is 1. The second-order valence-electron chi connectivity index (χ2n) is 6.35. The normalized spacial score (nSPS) is 11.4. The van der Waals surface area contributed by atoms with Crippen LogP contribution in [0.4, 0.5) is 5.82 Å². The first-order chi connectivity index (χ1) is 10.0. The molecule has 21 heavy (non-hydrogen) atoms. The Bertz CT molecular complexity index is 541. The Morgan fingerprint density at radius 3 is 2.29 bits per heavy atom. The lowest BCUT2D eigenvalue weighted by Gasteiger charge is -2.25. The predicted octanol–water partition coefficient (Wildman–Crippen LogP) is 3.34. The molecule has 0 fully saturated rings. The maximum absolute atomic E-state index is 5.75. The Hall–Kier alpha value is -1.87. The molecule has 2 rings (SSSR count). The van der Waals surface area contributed by atoms with Crippen LogP contribution in [-0.2, 0) is 12.0 Å². The van der Waals surface area contributed by atoms with Crippen LogP contribution in [0.25, 0.3) is 0 Å². The zero-order chi connectivity index (χ0) is 15.3. The van der Waals surface area contributed by atoms with E-state index in [0.717, 1.165) is 18.9 Å². The predicted molar refractivity (Wildman–Crippen MR) is 89.5 cm³/mol. The van der Waals surface area contributed by atoms with E-state index in [4.69, 9.17) is 5.73 Å². The Morgan fingerprint density at radius 2 is 1.76 bits per heavy atom. The van der Waals surface area contributed by atoms with Gasteiger partial charge in [-0.3, -0.25) is 0 Å². The highest BCUT2D eigenvalue weighted by Crippen LogP contribution is 2.23. The molecule has 0 saturated carbocycles. The SMILES string of the molecule is CC(C)(C)c1ccc(N(CCN)Cc2ccccc2)nc1. The van der Waals surface area contributed by atoms with Crippen LogP contribution in [0.5, 0.6) is 0 Å². The molecule has 1 aromatic heterocycles. The minimum Gasteiger partial charge on any atom is -0.351 e. The van der Waals surface area contributed by atoms with Crippen LogP contribution in [0, 0.1) is 0 Å². The van der Waals surface area contributed by atoms with Gasteiger partial charge < -0.3 is 10.6 Å². The number of pyridine rings is 1. The summed E-state index contributed by atoms with van der Waals surface area (Å²) in [5, 5.41) is 0. The summed E-state index contributed by atoms with van der Waals surface area (Å²) in [5.41, 5.74) is 8.40. The van der Waals surface area contributed by atoms with E-state index in [1.807, 2.05) is 12.3 Å². The molecule has 1 heterocycles. The van der Waals surface area contributed by atoms with Crippen LogP contribution < -0.4 is 10.6 Å². The van der Waals surface area contributed by atoms with Gasteiger partial charge in [0.1, 0.15) is 5.82 Å². The van der Waals surface area contributed by atoms with Crippen molar-refractivity contribution in [1.29, 1.82) is 0 Å². The van der Waals surface area contributed by atoms with Crippen molar-refractivity contribution in [2.45, 2.75) is 32.7 Å². The van der Waals surface area contributed by atoms with Crippen molar-refractivity contribution in [2.24, 2.45) is 5.73 Å². The maximum atomic E-state index is 5.75. The van der Waals surface area contributed by atoms with Crippen molar-refractivity contribution in [1.82, 2.24) is 4.98 Å². The van der Waals surface area contributed by atoms with Gasteiger partial charge in [0, 0.05) is 25.8 Å². The zero-order valence-corrected chi connectivity index (χ0v) is 13.2. The summed E-state index contributed by atoms with van der Waals surface area (Å²) in [5.74, 6) is 0.984. The minimum atomic E-state index is 0.129. The van der Waals surface area contributed by atoms with E-state index in [1.54, 1.807) is 0 Å². The number of anilines is 1. The molecule has 1 aromatic carbocycles. The summed E-state index contributed by atoms with van der Waals surface area (Å²) in [6.45, 7) is 8.86. The quantitative estimate of drug-likeness (QED) is 0.915. The average Bonchev–Trinajstić information content (AvgIpc) is 2.47. The van der Waals surface area contributed by atoms with Gasteiger partial charge in [-0.2, -0.15) is 0 Å². The zero-order valence-electron chi connectivity index (χ0n) is 13.2. The molecule has 112 valence electrons. The van der Waals surface area contributed by atoms with Crippen LogP contribution in [0.1, 0.15) is 31.9 Å². The van der Waals surface area contributed by atoms with Crippen LogP contribution in [0.3, 0.4) is 0 Å². The highest BCUT2D eigenvalue weighted by Gasteiger charge is 2.15. The first-order valence-corrected chi connectivity index (χ1v) is 7.46. The summed E-state index contributed by atoms with van der Waals surface area (Å²) >= 11 is 0. The van der Waals surface area contributed by atoms with Crippen LogP contribution >= 0.6 is 0 Å². The molecule has 0 unspecified atom stereocenters. The van der Waals surface area contributed by atoms with E-state index < -0.39 is 0 Å². The molecule has 0 aliphatic carbocycles. The van der Waals surface area contributed by atoms with E-state index in [-0.39, 0.29) is 5.41 Å². The summed E-state index contributed by atoms with van der Waals surface area (Å²) in [4.78, 5) is 6.85. The maximum Gasteiger partial charge on any atom is 0.128 e. The summed E-state index contributed by atoms with van der Waals surface area (Å²) in [6, 6.07) is 14.7. The van der Waals surface area contributed by atoms with E-state index >= 15 is 0 Å². The van der Waals surface area contributed by atoms with Crippen LogP contribution in [0.15, 0.2) is 48.7 Å². The fourth-order valence-electron chi connectivity index (χ4n) is 2.25. The molecule has 0 spiro atoms. The lowest BCUT2D eigenvalue weighted by molar-refractivity contribution is 0.587. The fraction of sp³-hybridized carbons (Fsp3) is 0.389. The molecule has 0 radical (unpaired) electrons. The van der Waals surface area contributed by atoms with Gasteiger partial charge >= 0.3 is 0 Å². The van der Waals surface area contributed by atoms with Gasteiger partial charge in [0.05, 0.1) is 0 Å². The lowest BCUT2D eigenvalue weighted by Crippen LogP contribution is -2.29.